The van der Waals surface area contributed by atoms with Crippen molar-refractivity contribution >= 4 is 5.97 Å². The molecule has 104 valence electrons. The van der Waals surface area contributed by atoms with Gasteiger partial charge in [0.05, 0.1) is 19.3 Å². The topological polar surface area (TPSA) is 50.8 Å². The summed E-state index contributed by atoms with van der Waals surface area (Å²) in [5, 5.41) is 3.36. The summed E-state index contributed by atoms with van der Waals surface area (Å²) in [6, 6.07) is 0.296. The third kappa shape index (κ3) is 3.93. The second-order valence-corrected chi connectivity index (χ2v) is 5.49. The van der Waals surface area contributed by atoms with Crippen LogP contribution in [-0.4, -0.2) is 61.9 Å². The Morgan fingerprint density at radius 3 is 2.50 bits per heavy atom. The number of ether oxygens (including phenoxy) is 2. The van der Waals surface area contributed by atoms with E-state index in [-0.39, 0.29) is 24.2 Å². The summed E-state index contributed by atoms with van der Waals surface area (Å²) in [6.07, 6.45) is 2.80. The highest BCUT2D eigenvalue weighted by molar-refractivity contribution is 5.76. The standard InChI is InChI=1S/C13H24N2O3/c1-9-6-15(7-10(2)18-9)8-12(13(16)17-3)14-11-4-5-11/h9-12,14H,4-8H2,1-3H3/t9-,10+,12?. The first-order valence-electron chi connectivity index (χ1n) is 6.80. The quantitative estimate of drug-likeness (QED) is 0.721. The van der Waals surface area contributed by atoms with Gasteiger partial charge in [0.2, 0.25) is 0 Å². The second-order valence-electron chi connectivity index (χ2n) is 5.49. The van der Waals surface area contributed by atoms with E-state index < -0.39 is 0 Å². The van der Waals surface area contributed by atoms with Gasteiger partial charge in [-0.2, -0.15) is 0 Å². The maximum absolute atomic E-state index is 11.8. The average Bonchev–Trinajstić information content (AvgIpc) is 3.09. The lowest BCUT2D eigenvalue weighted by atomic mass is 10.2. The highest BCUT2D eigenvalue weighted by Gasteiger charge is 2.32. The molecule has 0 radical (unpaired) electrons. The molecule has 0 bridgehead atoms. The summed E-state index contributed by atoms with van der Waals surface area (Å²) in [6.45, 7) is 6.61. The van der Waals surface area contributed by atoms with E-state index in [4.69, 9.17) is 9.47 Å². The minimum absolute atomic E-state index is 0.159. The van der Waals surface area contributed by atoms with Gasteiger partial charge in [-0.25, -0.2) is 0 Å². The number of hydrogen-bond donors (Lipinski definition) is 1. The normalized spacial score (nSPS) is 31.1. The molecular formula is C13H24N2O3. The third-order valence-corrected chi connectivity index (χ3v) is 3.44. The Hall–Kier alpha value is -0.650. The van der Waals surface area contributed by atoms with Crippen LogP contribution < -0.4 is 5.32 Å². The first-order chi connectivity index (χ1) is 8.58. The Morgan fingerprint density at radius 1 is 1.39 bits per heavy atom. The fourth-order valence-electron chi connectivity index (χ4n) is 2.56. The van der Waals surface area contributed by atoms with Crippen molar-refractivity contribution in [1.82, 2.24) is 10.2 Å². The fraction of sp³-hybridized carbons (Fsp3) is 0.923. The van der Waals surface area contributed by atoms with Crippen LogP contribution in [0.1, 0.15) is 26.7 Å². The van der Waals surface area contributed by atoms with E-state index in [0.717, 1.165) is 13.1 Å². The van der Waals surface area contributed by atoms with Crippen LogP contribution in [0, 0.1) is 0 Å². The number of nitrogens with zero attached hydrogens (tertiary/aromatic N) is 1. The number of hydrogen-bond acceptors (Lipinski definition) is 5. The number of rotatable bonds is 5. The molecule has 1 N–H and O–H groups in total. The van der Waals surface area contributed by atoms with Crippen LogP contribution in [0.5, 0.6) is 0 Å². The lowest BCUT2D eigenvalue weighted by Crippen LogP contribution is -2.53. The SMILES string of the molecule is COC(=O)C(CN1C[C@@H](C)O[C@@H](C)C1)NC1CC1. The van der Waals surface area contributed by atoms with Crippen molar-refractivity contribution in [3.63, 3.8) is 0 Å². The van der Waals surface area contributed by atoms with Gasteiger partial charge in [-0.1, -0.05) is 0 Å². The van der Waals surface area contributed by atoms with Crippen LogP contribution in [0.15, 0.2) is 0 Å². The summed E-state index contributed by atoms with van der Waals surface area (Å²) >= 11 is 0. The smallest absolute Gasteiger partial charge is 0.324 e. The molecule has 1 heterocycles. The molecule has 0 aromatic carbocycles. The molecule has 0 aromatic rings. The molecule has 1 aliphatic heterocycles. The molecule has 5 heteroatoms. The molecule has 0 spiro atoms. The Morgan fingerprint density at radius 2 is 2.00 bits per heavy atom. The third-order valence-electron chi connectivity index (χ3n) is 3.44. The molecule has 2 aliphatic rings. The van der Waals surface area contributed by atoms with E-state index in [9.17, 15) is 4.79 Å². The summed E-state index contributed by atoms with van der Waals surface area (Å²) in [5.41, 5.74) is 0. The molecule has 1 aliphatic carbocycles. The van der Waals surface area contributed by atoms with Crippen molar-refractivity contribution in [1.29, 1.82) is 0 Å². The monoisotopic (exact) mass is 256 g/mol. The van der Waals surface area contributed by atoms with Crippen molar-refractivity contribution in [2.75, 3.05) is 26.7 Å². The zero-order chi connectivity index (χ0) is 13.1. The van der Waals surface area contributed by atoms with Crippen LogP contribution in [0.2, 0.25) is 0 Å². The van der Waals surface area contributed by atoms with Crippen molar-refractivity contribution < 1.29 is 14.3 Å². The molecule has 1 saturated heterocycles. The largest absolute Gasteiger partial charge is 0.468 e. The molecule has 1 saturated carbocycles. The summed E-state index contributed by atoms with van der Waals surface area (Å²) < 4.78 is 10.6. The zero-order valence-corrected chi connectivity index (χ0v) is 11.5. The van der Waals surface area contributed by atoms with Crippen LogP contribution >= 0.6 is 0 Å². The predicted molar refractivity (Wildman–Crippen MR) is 68.4 cm³/mol. The number of methoxy groups -OCH3 is 1. The van der Waals surface area contributed by atoms with Gasteiger partial charge >= 0.3 is 5.97 Å². The maximum Gasteiger partial charge on any atom is 0.324 e. The van der Waals surface area contributed by atoms with E-state index in [2.05, 4.69) is 24.1 Å². The van der Waals surface area contributed by atoms with E-state index in [1.54, 1.807) is 0 Å². The van der Waals surface area contributed by atoms with Gasteiger partial charge in [-0.3, -0.25) is 9.69 Å². The van der Waals surface area contributed by atoms with Gasteiger partial charge in [-0.05, 0) is 26.7 Å². The Balaban J connectivity index is 1.88. The van der Waals surface area contributed by atoms with Crippen molar-refractivity contribution in [2.24, 2.45) is 0 Å². The van der Waals surface area contributed by atoms with E-state index in [1.165, 1.54) is 20.0 Å². The van der Waals surface area contributed by atoms with Gasteiger partial charge in [0.25, 0.3) is 0 Å². The first kappa shape index (κ1) is 13.8. The maximum atomic E-state index is 11.8. The summed E-state index contributed by atoms with van der Waals surface area (Å²) in [7, 11) is 1.45. The molecule has 18 heavy (non-hydrogen) atoms. The van der Waals surface area contributed by atoms with Gasteiger partial charge in [0.1, 0.15) is 6.04 Å². The van der Waals surface area contributed by atoms with Crippen molar-refractivity contribution in [3.05, 3.63) is 0 Å². The highest BCUT2D eigenvalue weighted by atomic mass is 16.5. The molecule has 0 aromatic heterocycles. The fourth-order valence-corrected chi connectivity index (χ4v) is 2.56. The minimum Gasteiger partial charge on any atom is -0.468 e. The Labute approximate surface area is 109 Å². The lowest BCUT2D eigenvalue weighted by molar-refractivity contribution is -0.144. The molecule has 2 fully saturated rings. The van der Waals surface area contributed by atoms with Crippen LogP contribution in [0.4, 0.5) is 0 Å². The van der Waals surface area contributed by atoms with Gasteiger partial charge < -0.3 is 14.8 Å². The molecule has 1 unspecified atom stereocenters. The Kier molecular flexibility index (Phi) is 4.59. The van der Waals surface area contributed by atoms with Crippen LogP contribution in [0.25, 0.3) is 0 Å². The Bertz CT molecular complexity index is 284. The van der Waals surface area contributed by atoms with Gasteiger partial charge in [-0.15, -0.1) is 0 Å². The van der Waals surface area contributed by atoms with E-state index in [0.29, 0.717) is 12.6 Å². The second kappa shape index (κ2) is 5.99. The molecular weight excluding hydrogens is 232 g/mol. The predicted octanol–water partition coefficient (Wildman–Crippen LogP) is 0.389. The number of nitrogens with one attached hydrogen (secondary N) is 1. The number of morpholine rings is 1. The lowest BCUT2D eigenvalue weighted by Gasteiger charge is -2.36. The molecule has 5 nitrogen and oxygen atoms in total. The van der Waals surface area contributed by atoms with Crippen molar-refractivity contribution in [3.8, 4) is 0 Å². The van der Waals surface area contributed by atoms with E-state index in [1.807, 2.05) is 0 Å². The zero-order valence-electron chi connectivity index (χ0n) is 11.5. The minimum atomic E-state index is -0.208. The first-order valence-corrected chi connectivity index (χ1v) is 6.80. The van der Waals surface area contributed by atoms with Gasteiger partial charge in [0.15, 0.2) is 0 Å². The number of carbonyl (C=O) groups excluding carboxylic acids is 1. The van der Waals surface area contributed by atoms with Crippen LogP contribution in [-0.2, 0) is 14.3 Å². The van der Waals surface area contributed by atoms with Crippen LogP contribution in [0.3, 0.4) is 0 Å². The van der Waals surface area contributed by atoms with E-state index >= 15 is 0 Å². The number of carbonyl (C=O) groups is 1. The summed E-state index contributed by atoms with van der Waals surface area (Å²) in [5.74, 6) is -0.159. The van der Waals surface area contributed by atoms with Crippen molar-refractivity contribution in [2.45, 2.75) is 51.0 Å². The molecule has 0 amide bonds. The molecule has 2 rings (SSSR count). The van der Waals surface area contributed by atoms with Gasteiger partial charge in [0, 0.05) is 25.7 Å². The molecule has 3 atom stereocenters. The highest BCUT2D eigenvalue weighted by Crippen LogP contribution is 2.20. The summed E-state index contributed by atoms with van der Waals surface area (Å²) in [4.78, 5) is 14.1. The number of esters is 1. The average molecular weight is 256 g/mol.